The molecule has 1 atom stereocenters. The van der Waals surface area contributed by atoms with Gasteiger partial charge in [0, 0.05) is 0 Å². The molecule has 0 aliphatic rings. The lowest BCUT2D eigenvalue weighted by molar-refractivity contribution is 0.734. The molecule has 0 aromatic rings. The molecule has 0 nitrogen and oxygen atoms in total. The van der Waals surface area contributed by atoms with Crippen LogP contribution in [0.2, 0.25) is 0 Å². The minimum absolute atomic E-state index is 0.567. The SMILES string of the molecule is [CH2]C(C)CC=CCCCC. The van der Waals surface area contributed by atoms with Crippen molar-refractivity contribution in [2.75, 3.05) is 0 Å². The van der Waals surface area contributed by atoms with Crippen LogP contribution in [0.25, 0.3) is 0 Å². The van der Waals surface area contributed by atoms with Crippen LogP contribution in [0.15, 0.2) is 12.2 Å². The summed E-state index contributed by atoms with van der Waals surface area (Å²) in [6.45, 7) is 8.27. The van der Waals surface area contributed by atoms with Gasteiger partial charge in [0.05, 0.1) is 0 Å². The maximum atomic E-state index is 3.91. The van der Waals surface area contributed by atoms with Gasteiger partial charge in [0.2, 0.25) is 0 Å². The molecule has 0 heterocycles. The van der Waals surface area contributed by atoms with Crippen molar-refractivity contribution in [3.8, 4) is 0 Å². The summed E-state index contributed by atoms with van der Waals surface area (Å²) < 4.78 is 0. The number of unbranched alkanes of at least 4 members (excludes halogenated alkanes) is 2. The average molecular weight is 139 g/mol. The zero-order valence-electron chi connectivity index (χ0n) is 7.27. The molecule has 0 aliphatic heterocycles. The van der Waals surface area contributed by atoms with E-state index in [1.165, 1.54) is 19.3 Å². The first-order valence-corrected chi connectivity index (χ1v) is 4.25. The maximum Gasteiger partial charge on any atom is -0.0325 e. The van der Waals surface area contributed by atoms with E-state index >= 15 is 0 Å². The smallest absolute Gasteiger partial charge is 0.0325 e. The van der Waals surface area contributed by atoms with Gasteiger partial charge in [-0.1, -0.05) is 45.8 Å². The van der Waals surface area contributed by atoms with Crippen LogP contribution in [0.1, 0.15) is 39.5 Å². The van der Waals surface area contributed by atoms with Gasteiger partial charge >= 0.3 is 0 Å². The van der Waals surface area contributed by atoms with Crippen LogP contribution in [0, 0.1) is 12.8 Å². The number of hydrogen-bond donors (Lipinski definition) is 0. The molecule has 0 aliphatic carbocycles. The van der Waals surface area contributed by atoms with Gasteiger partial charge < -0.3 is 0 Å². The molecule has 0 aromatic heterocycles. The first-order chi connectivity index (χ1) is 4.77. The molecule has 0 aromatic carbocycles. The Morgan fingerprint density at radius 3 is 2.60 bits per heavy atom. The van der Waals surface area contributed by atoms with Crippen LogP contribution >= 0.6 is 0 Å². The van der Waals surface area contributed by atoms with E-state index in [1.54, 1.807) is 0 Å². The molecule has 59 valence electrons. The van der Waals surface area contributed by atoms with Crippen molar-refractivity contribution < 1.29 is 0 Å². The second kappa shape index (κ2) is 6.85. The molecule has 0 bridgehead atoms. The maximum absolute atomic E-state index is 3.91. The molecular weight excluding hydrogens is 120 g/mol. The fourth-order valence-electron chi connectivity index (χ4n) is 0.768. The Hall–Kier alpha value is -0.260. The van der Waals surface area contributed by atoms with Crippen LogP contribution in [0.5, 0.6) is 0 Å². The second-order valence-electron chi connectivity index (χ2n) is 2.95. The average Bonchev–Trinajstić information content (AvgIpc) is 1.87. The Bertz CT molecular complexity index is 80.0. The minimum Gasteiger partial charge on any atom is -0.0885 e. The summed E-state index contributed by atoms with van der Waals surface area (Å²) in [5.41, 5.74) is 0. The highest BCUT2D eigenvalue weighted by Crippen LogP contribution is 2.01. The Morgan fingerprint density at radius 1 is 1.40 bits per heavy atom. The molecule has 1 radical (unpaired) electrons. The van der Waals surface area contributed by atoms with Crippen LogP contribution in [0.3, 0.4) is 0 Å². The molecular formula is C10H19. The van der Waals surface area contributed by atoms with Crippen LogP contribution in [-0.4, -0.2) is 0 Å². The van der Waals surface area contributed by atoms with Crippen molar-refractivity contribution in [3.05, 3.63) is 19.1 Å². The molecule has 0 N–H and O–H groups in total. The lowest BCUT2D eigenvalue weighted by Crippen LogP contribution is -1.81. The zero-order chi connectivity index (χ0) is 7.82. The summed E-state index contributed by atoms with van der Waals surface area (Å²) >= 11 is 0. The molecule has 0 saturated heterocycles. The molecule has 0 amide bonds. The fourth-order valence-corrected chi connectivity index (χ4v) is 0.768. The number of rotatable bonds is 5. The predicted molar refractivity (Wildman–Crippen MR) is 47.8 cm³/mol. The lowest BCUT2D eigenvalue weighted by Gasteiger charge is -1.95. The van der Waals surface area contributed by atoms with Gasteiger partial charge in [-0.15, -0.1) is 0 Å². The zero-order valence-corrected chi connectivity index (χ0v) is 7.27. The molecule has 1 unspecified atom stereocenters. The Labute approximate surface area is 65.3 Å². The number of allylic oxidation sites excluding steroid dienone is 2. The molecule has 10 heavy (non-hydrogen) atoms. The monoisotopic (exact) mass is 139 g/mol. The highest BCUT2D eigenvalue weighted by molar-refractivity contribution is 4.83. The topological polar surface area (TPSA) is 0 Å². The van der Waals surface area contributed by atoms with Gasteiger partial charge in [0.15, 0.2) is 0 Å². The van der Waals surface area contributed by atoms with Gasteiger partial charge in [-0.25, -0.2) is 0 Å². The predicted octanol–water partition coefficient (Wildman–Crippen LogP) is 3.59. The Kier molecular flexibility index (Phi) is 6.68. The first kappa shape index (κ1) is 9.74. The molecule has 0 spiro atoms. The third-order valence-corrected chi connectivity index (χ3v) is 1.43. The molecule has 0 rings (SSSR count). The van der Waals surface area contributed by atoms with Crippen LogP contribution in [0.4, 0.5) is 0 Å². The van der Waals surface area contributed by atoms with Gasteiger partial charge in [-0.2, -0.15) is 0 Å². The quantitative estimate of drug-likeness (QED) is 0.403. The third kappa shape index (κ3) is 7.74. The largest absolute Gasteiger partial charge is 0.0885 e. The second-order valence-corrected chi connectivity index (χ2v) is 2.95. The van der Waals surface area contributed by atoms with E-state index in [-0.39, 0.29) is 0 Å². The van der Waals surface area contributed by atoms with E-state index < -0.39 is 0 Å². The van der Waals surface area contributed by atoms with Gasteiger partial charge in [0.1, 0.15) is 0 Å². The van der Waals surface area contributed by atoms with E-state index in [0.29, 0.717) is 5.92 Å². The summed E-state index contributed by atoms with van der Waals surface area (Å²) in [6.07, 6.45) is 9.50. The van der Waals surface area contributed by atoms with Crippen LogP contribution in [-0.2, 0) is 0 Å². The van der Waals surface area contributed by atoms with E-state index in [0.717, 1.165) is 6.42 Å². The van der Waals surface area contributed by atoms with Crippen molar-refractivity contribution in [1.29, 1.82) is 0 Å². The Morgan fingerprint density at radius 2 is 2.10 bits per heavy atom. The van der Waals surface area contributed by atoms with Gasteiger partial charge in [-0.05, 0) is 18.8 Å². The van der Waals surface area contributed by atoms with E-state index in [4.69, 9.17) is 0 Å². The van der Waals surface area contributed by atoms with Crippen molar-refractivity contribution in [3.63, 3.8) is 0 Å². The normalized spacial score (nSPS) is 11.6. The summed E-state index contributed by atoms with van der Waals surface area (Å²) in [6, 6.07) is 0. The van der Waals surface area contributed by atoms with Crippen molar-refractivity contribution in [2.45, 2.75) is 39.5 Å². The summed E-state index contributed by atoms with van der Waals surface area (Å²) in [5.74, 6) is 0.567. The standard InChI is InChI=1S/C10H19/c1-4-5-6-7-8-9-10(2)3/h7-8,10H,2,4-6,9H2,1,3H3. The Balaban J connectivity index is 3.04. The highest BCUT2D eigenvalue weighted by Gasteiger charge is 1.86. The van der Waals surface area contributed by atoms with E-state index in [1.807, 2.05) is 0 Å². The fraction of sp³-hybridized carbons (Fsp3) is 0.700. The van der Waals surface area contributed by atoms with Gasteiger partial charge in [-0.3, -0.25) is 0 Å². The highest BCUT2D eigenvalue weighted by atomic mass is 13.9. The molecule has 0 fully saturated rings. The third-order valence-electron chi connectivity index (χ3n) is 1.43. The molecule has 0 saturated carbocycles. The van der Waals surface area contributed by atoms with Crippen LogP contribution < -0.4 is 0 Å². The van der Waals surface area contributed by atoms with E-state index in [2.05, 4.69) is 32.9 Å². The summed E-state index contributed by atoms with van der Waals surface area (Å²) in [5, 5.41) is 0. The number of hydrogen-bond acceptors (Lipinski definition) is 0. The first-order valence-electron chi connectivity index (χ1n) is 4.25. The van der Waals surface area contributed by atoms with Crippen molar-refractivity contribution >= 4 is 0 Å². The lowest BCUT2D eigenvalue weighted by atomic mass is 10.1. The minimum atomic E-state index is 0.567. The van der Waals surface area contributed by atoms with Gasteiger partial charge in [0.25, 0.3) is 0 Å². The summed E-state index contributed by atoms with van der Waals surface area (Å²) in [4.78, 5) is 0. The molecule has 0 heteroatoms. The van der Waals surface area contributed by atoms with Crippen molar-refractivity contribution in [2.24, 2.45) is 5.92 Å². The van der Waals surface area contributed by atoms with Crippen molar-refractivity contribution in [1.82, 2.24) is 0 Å². The summed E-state index contributed by atoms with van der Waals surface area (Å²) in [7, 11) is 0. The van der Waals surface area contributed by atoms with E-state index in [9.17, 15) is 0 Å².